The van der Waals surface area contributed by atoms with E-state index in [-0.39, 0.29) is 0 Å². The second-order valence-electron chi connectivity index (χ2n) is 3.90. The van der Waals surface area contributed by atoms with Crippen molar-refractivity contribution >= 4 is 0 Å². The van der Waals surface area contributed by atoms with Crippen LogP contribution in [-0.2, 0) is 0 Å². The number of benzene rings is 1. The number of H-pyrrole nitrogens is 1. The maximum absolute atomic E-state index is 5.40. The van der Waals surface area contributed by atoms with Crippen LogP contribution in [0.1, 0.15) is 11.4 Å². The van der Waals surface area contributed by atoms with E-state index in [4.69, 9.17) is 9.47 Å². The molecule has 0 aliphatic heterocycles. The first-order valence-corrected chi connectivity index (χ1v) is 5.40. The smallest absolute Gasteiger partial charge is 0.132 e. The quantitative estimate of drug-likeness (QED) is 0.885. The van der Waals surface area contributed by atoms with Gasteiger partial charge in [0, 0.05) is 11.6 Å². The summed E-state index contributed by atoms with van der Waals surface area (Å²) >= 11 is 0. The summed E-state index contributed by atoms with van der Waals surface area (Å²) < 4.78 is 10.6. The van der Waals surface area contributed by atoms with Crippen LogP contribution in [-0.4, -0.2) is 24.2 Å². The Kier molecular flexibility index (Phi) is 3.04. The van der Waals surface area contributed by atoms with Crippen LogP contribution < -0.4 is 9.47 Å². The second kappa shape index (κ2) is 4.49. The van der Waals surface area contributed by atoms with Crippen molar-refractivity contribution in [3.63, 3.8) is 0 Å². The molecule has 1 aromatic carbocycles. The van der Waals surface area contributed by atoms with Gasteiger partial charge in [0.25, 0.3) is 0 Å². The molecule has 0 bridgehead atoms. The zero-order chi connectivity index (χ0) is 12.4. The predicted molar refractivity (Wildman–Crippen MR) is 66.6 cm³/mol. The first-order valence-electron chi connectivity index (χ1n) is 5.40. The largest absolute Gasteiger partial charge is 0.497 e. The molecule has 1 N–H and O–H groups in total. The molecular formula is C13H16N2O2. The van der Waals surface area contributed by atoms with Crippen molar-refractivity contribution in [2.75, 3.05) is 14.2 Å². The molecule has 0 spiro atoms. The Morgan fingerprint density at radius 1 is 1.12 bits per heavy atom. The van der Waals surface area contributed by atoms with Crippen molar-refractivity contribution < 1.29 is 9.47 Å². The van der Waals surface area contributed by atoms with Crippen molar-refractivity contribution in [2.24, 2.45) is 0 Å². The van der Waals surface area contributed by atoms with Gasteiger partial charge >= 0.3 is 0 Å². The van der Waals surface area contributed by atoms with Crippen LogP contribution in [0, 0.1) is 13.8 Å². The summed E-state index contributed by atoms with van der Waals surface area (Å²) in [5, 5.41) is 0. The number of imidazole rings is 1. The third kappa shape index (κ3) is 2.11. The number of aromatic amines is 1. The average Bonchev–Trinajstić information content (AvgIpc) is 2.74. The summed E-state index contributed by atoms with van der Waals surface area (Å²) in [4.78, 5) is 7.42. The van der Waals surface area contributed by atoms with Gasteiger partial charge < -0.3 is 14.5 Å². The molecule has 0 amide bonds. The first-order chi connectivity index (χ1) is 8.15. The van der Waals surface area contributed by atoms with Crippen LogP contribution in [0.3, 0.4) is 0 Å². The lowest BCUT2D eigenvalue weighted by Gasteiger charge is -2.12. The van der Waals surface area contributed by atoms with Crippen molar-refractivity contribution in [1.29, 1.82) is 0 Å². The lowest BCUT2D eigenvalue weighted by molar-refractivity contribution is 0.395. The summed E-state index contributed by atoms with van der Waals surface area (Å²) in [5.41, 5.74) is 3.07. The zero-order valence-corrected chi connectivity index (χ0v) is 10.5. The Balaban J connectivity index is 2.60. The van der Waals surface area contributed by atoms with Gasteiger partial charge in [-0.05, 0) is 25.5 Å². The van der Waals surface area contributed by atoms with Gasteiger partial charge in [-0.3, -0.25) is 0 Å². The standard InChI is InChI=1S/C13H16N2O2/c1-8-5-10(16-3)6-12(17-4)13(8)11-7-14-9(2)15-11/h5-7H,1-4H3,(H,14,15). The van der Waals surface area contributed by atoms with Crippen molar-refractivity contribution in [1.82, 2.24) is 9.97 Å². The Labute approximate surface area is 101 Å². The van der Waals surface area contributed by atoms with Gasteiger partial charge in [-0.2, -0.15) is 0 Å². The Hall–Kier alpha value is -1.97. The number of ether oxygens (including phenoxy) is 2. The molecule has 0 atom stereocenters. The molecule has 2 rings (SSSR count). The van der Waals surface area contributed by atoms with E-state index in [9.17, 15) is 0 Å². The monoisotopic (exact) mass is 232 g/mol. The minimum atomic E-state index is 0.783. The topological polar surface area (TPSA) is 47.1 Å². The SMILES string of the molecule is COc1cc(C)c(-c2cnc(C)[nH]2)c(OC)c1. The number of nitrogens with zero attached hydrogens (tertiary/aromatic N) is 1. The van der Waals surface area contributed by atoms with Gasteiger partial charge in [0.05, 0.1) is 26.1 Å². The number of nitrogens with one attached hydrogen (secondary N) is 1. The van der Waals surface area contributed by atoms with Crippen LogP contribution in [0.15, 0.2) is 18.3 Å². The molecular weight excluding hydrogens is 216 g/mol. The normalized spacial score (nSPS) is 10.4. The lowest BCUT2D eigenvalue weighted by atomic mass is 10.0. The molecule has 0 unspecified atom stereocenters. The van der Waals surface area contributed by atoms with Gasteiger partial charge in [0.2, 0.25) is 0 Å². The highest BCUT2D eigenvalue weighted by Crippen LogP contribution is 2.35. The maximum atomic E-state index is 5.40. The van der Waals surface area contributed by atoms with E-state index in [1.807, 2.05) is 32.2 Å². The van der Waals surface area contributed by atoms with Gasteiger partial charge in [-0.15, -0.1) is 0 Å². The summed E-state index contributed by atoms with van der Waals surface area (Å²) in [6, 6.07) is 3.85. The molecule has 0 radical (unpaired) electrons. The highest BCUT2D eigenvalue weighted by Gasteiger charge is 2.13. The van der Waals surface area contributed by atoms with Crippen LogP contribution in [0.2, 0.25) is 0 Å². The van der Waals surface area contributed by atoms with Crippen molar-refractivity contribution in [3.05, 3.63) is 29.7 Å². The van der Waals surface area contributed by atoms with E-state index >= 15 is 0 Å². The molecule has 0 fully saturated rings. The molecule has 2 aromatic rings. The molecule has 17 heavy (non-hydrogen) atoms. The Morgan fingerprint density at radius 2 is 1.88 bits per heavy atom. The molecule has 4 heteroatoms. The predicted octanol–water partition coefficient (Wildman–Crippen LogP) is 2.71. The molecule has 1 heterocycles. The van der Waals surface area contributed by atoms with Gasteiger partial charge in [-0.1, -0.05) is 0 Å². The van der Waals surface area contributed by atoms with Crippen molar-refractivity contribution in [2.45, 2.75) is 13.8 Å². The summed E-state index contributed by atoms with van der Waals surface area (Å²) in [7, 11) is 3.30. The molecule has 90 valence electrons. The average molecular weight is 232 g/mol. The molecule has 0 saturated heterocycles. The van der Waals surface area contributed by atoms with Crippen LogP contribution in [0.25, 0.3) is 11.3 Å². The van der Waals surface area contributed by atoms with E-state index < -0.39 is 0 Å². The van der Waals surface area contributed by atoms with E-state index in [1.54, 1.807) is 14.2 Å². The van der Waals surface area contributed by atoms with Gasteiger partial charge in [-0.25, -0.2) is 4.98 Å². The highest BCUT2D eigenvalue weighted by molar-refractivity contribution is 5.72. The van der Waals surface area contributed by atoms with E-state index in [2.05, 4.69) is 9.97 Å². The minimum absolute atomic E-state index is 0.783. The fraction of sp³-hybridized carbons (Fsp3) is 0.308. The summed E-state index contributed by atoms with van der Waals surface area (Å²) in [6.45, 7) is 3.95. The van der Waals surface area contributed by atoms with Crippen molar-refractivity contribution in [3.8, 4) is 22.8 Å². The van der Waals surface area contributed by atoms with E-state index in [0.29, 0.717) is 0 Å². The summed E-state index contributed by atoms with van der Waals surface area (Å²) in [6.07, 6.45) is 1.81. The number of hydrogen-bond acceptors (Lipinski definition) is 3. The third-order valence-electron chi connectivity index (χ3n) is 2.70. The van der Waals surface area contributed by atoms with E-state index in [0.717, 1.165) is 34.1 Å². The number of aromatic nitrogens is 2. The van der Waals surface area contributed by atoms with Crippen LogP contribution in [0.5, 0.6) is 11.5 Å². The third-order valence-corrected chi connectivity index (χ3v) is 2.70. The molecule has 0 aliphatic carbocycles. The maximum Gasteiger partial charge on any atom is 0.132 e. The molecule has 0 saturated carbocycles. The van der Waals surface area contributed by atoms with Crippen LogP contribution in [0.4, 0.5) is 0 Å². The number of rotatable bonds is 3. The fourth-order valence-electron chi connectivity index (χ4n) is 1.89. The van der Waals surface area contributed by atoms with Gasteiger partial charge in [0.15, 0.2) is 0 Å². The summed E-state index contributed by atoms with van der Waals surface area (Å²) in [5.74, 6) is 2.46. The van der Waals surface area contributed by atoms with Crippen LogP contribution >= 0.6 is 0 Å². The minimum Gasteiger partial charge on any atom is -0.497 e. The van der Waals surface area contributed by atoms with Gasteiger partial charge in [0.1, 0.15) is 17.3 Å². The first kappa shape index (κ1) is 11.5. The Bertz CT molecular complexity index is 532. The Morgan fingerprint density at radius 3 is 2.41 bits per heavy atom. The number of aryl methyl sites for hydroxylation is 2. The molecule has 0 aliphatic rings. The highest BCUT2D eigenvalue weighted by atomic mass is 16.5. The second-order valence-corrected chi connectivity index (χ2v) is 3.90. The lowest BCUT2D eigenvalue weighted by Crippen LogP contribution is -1.94. The molecule has 4 nitrogen and oxygen atoms in total. The molecule has 1 aromatic heterocycles. The zero-order valence-electron chi connectivity index (χ0n) is 10.5. The number of methoxy groups -OCH3 is 2. The van der Waals surface area contributed by atoms with E-state index in [1.165, 1.54) is 0 Å². The fourth-order valence-corrected chi connectivity index (χ4v) is 1.89. The number of hydrogen-bond donors (Lipinski definition) is 1.